The lowest BCUT2D eigenvalue weighted by atomic mass is 9.80. The van der Waals surface area contributed by atoms with E-state index in [0.29, 0.717) is 21.9 Å². The van der Waals surface area contributed by atoms with Crippen LogP contribution < -0.4 is 5.32 Å². The van der Waals surface area contributed by atoms with Crippen LogP contribution in [0.5, 0.6) is 0 Å². The molecule has 0 bridgehead atoms. The van der Waals surface area contributed by atoms with Crippen molar-refractivity contribution in [2.75, 3.05) is 39.3 Å². The van der Waals surface area contributed by atoms with Crippen LogP contribution in [0.25, 0.3) is 0 Å². The van der Waals surface area contributed by atoms with Crippen LogP contribution in [0.1, 0.15) is 31.4 Å². The van der Waals surface area contributed by atoms with Crippen molar-refractivity contribution in [3.8, 4) is 0 Å². The number of aliphatic imine (C=N–C) groups is 2. The zero-order valence-corrected chi connectivity index (χ0v) is 21.3. The highest BCUT2D eigenvalue weighted by Crippen LogP contribution is 2.33. The highest BCUT2D eigenvalue weighted by atomic mass is 35.5. The molecule has 2 saturated heterocycles. The maximum Gasteiger partial charge on any atom is 0.126 e. The lowest BCUT2D eigenvalue weighted by molar-refractivity contribution is 0.0551. The average Bonchev–Trinajstić information content (AvgIpc) is 2.78. The Kier molecular flexibility index (Phi) is 8.35. The molecule has 4 rings (SSSR count). The molecule has 0 radical (unpaired) electrons. The second kappa shape index (κ2) is 11.3. The molecule has 0 aliphatic carbocycles. The van der Waals surface area contributed by atoms with Crippen molar-refractivity contribution in [1.29, 1.82) is 0 Å². The Labute approximate surface area is 213 Å². The van der Waals surface area contributed by atoms with Gasteiger partial charge >= 0.3 is 0 Å². The van der Waals surface area contributed by atoms with Crippen molar-refractivity contribution in [3.63, 3.8) is 0 Å². The molecule has 184 valence electrons. The van der Waals surface area contributed by atoms with Gasteiger partial charge in [0, 0.05) is 54.0 Å². The normalized spacial score (nSPS) is 26.8. The minimum Gasteiger partial charge on any atom is -0.395 e. The molecule has 3 aliphatic rings. The van der Waals surface area contributed by atoms with Gasteiger partial charge in [-0.2, -0.15) is 0 Å². The van der Waals surface area contributed by atoms with Crippen LogP contribution in [0.4, 0.5) is 0 Å². The molecular formula is C26H35Cl2N5O. The summed E-state index contributed by atoms with van der Waals surface area (Å²) in [6, 6.07) is 5.16. The van der Waals surface area contributed by atoms with Crippen molar-refractivity contribution < 1.29 is 5.11 Å². The van der Waals surface area contributed by atoms with E-state index in [1.54, 1.807) is 6.07 Å². The summed E-state index contributed by atoms with van der Waals surface area (Å²) in [5.74, 6) is 2.33. The second-order valence-corrected chi connectivity index (χ2v) is 10.4. The maximum absolute atomic E-state index is 9.29. The fourth-order valence-electron chi connectivity index (χ4n) is 5.36. The summed E-state index contributed by atoms with van der Waals surface area (Å²) in [7, 11) is 0. The number of rotatable bonds is 8. The third kappa shape index (κ3) is 5.51. The van der Waals surface area contributed by atoms with Crippen molar-refractivity contribution in [3.05, 3.63) is 58.2 Å². The number of halogens is 2. The summed E-state index contributed by atoms with van der Waals surface area (Å²) in [4.78, 5) is 14.1. The van der Waals surface area contributed by atoms with Gasteiger partial charge in [0.2, 0.25) is 0 Å². The summed E-state index contributed by atoms with van der Waals surface area (Å²) >= 11 is 12.5. The van der Waals surface area contributed by atoms with Gasteiger partial charge in [-0.05, 0) is 62.6 Å². The number of aliphatic hydroxyl groups excluding tert-OH is 1. The lowest BCUT2D eigenvalue weighted by Crippen LogP contribution is -2.56. The number of nitrogens with one attached hydrogen (secondary N) is 1. The number of hydrogen-bond donors (Lipinski definition) is 2. The molecule has 3 aliphatic heterocycles. The number of aliphatic hydroxyl groups is 1. The van der Waals surface area contributed by atoms with E-state index >= 15 is 0 Å². The molecular weight excluding hydrogens is 469 g/mol. The topological polar surface area (TPSA) is 63.5 Å². The molecule has 8 heteroatoms. The first-order valence-corrected chi connectivity index (χ1v) is 12.9. The zero-order valence-electron chi connectivity index (χ0n) is 19.8. The summed E-state index contributed by atoms with van der Waals surface area (Å²) in [6.45, 7) is 15.1. The Morgan fingerprint density at radius 1 is 1.29 bits per heavy atom. The lowest BCUT2D eigenvalue weighted by Gasteiger charge is -2.48. The first-order chi connectivity index (χ1) is 16.4. The van der Waals surface area contributed by atoms with Gasteiger partial charge in [-0.25, -0.2) is 0 Å². The Morgan fingerprint density at radius 2 is 2.09 bits per heavy atom. The second-order valence-electron chi connectivity index (χ2n) is 9.56. The van der Waals surface area contributed by atoms with E-state index in [0.717, 1.165) is 49.8 Å². The predicted octanol–water partition coefficient (Wildman–Crippen LogP) is 4.20. The van der Waals surface area contributed by atoms with Gasteiger partial charge in [0.05, 0.1) is 12.6 Å². The van der Waals surface area contributed by atoms with Crippen molar-refractivity contribution in [2.24, 2.45) is 21.8 Å². The molecule has 34 heavy (non-hydrogen) atoms. The minimum atomic E-state index is -0.211. The van der Waals surface area contributed by atoms with Crippen LogP contribution in [0.3, 0.4) is 0 Å². The third-order valence-electron chi connectivity index (χ3n) is 7.32. The number of nitrogens with zero attached hydrogens (tertiary/aromatic N) is 4. The molecule has 4 unspecified atom stereocenters. The fourth-order valence-corrected chi connectivity index (χ4v) is 5.93. The standard InChI is InChI=1S/C26H35Cl2N5O/c1-4-23-26(29-3)24(30-17(2)21-8-7-20(27)12-22(21)28)13-25(31-23)33-15-19(16-33)18-6-5-9-32(14-18)10-11-34/h4,7-8,12-13,17-19,23,26,30,34H,1,3,5-6,9-11,14-16H2,2H3. The van der Waals surface area contributed by atoms with Crippen LogP contribution in [0, 0.1) is 11.8 Å². The Bertz CT molecular complexity index is 957. The first kappa shape index (κ1) is 25.2. The van der Waals surface area contributed by atoms with E-state index in [1.807, 2.05) is 18.2 Å². The van der Waals surface area contributed by atoms with Crippen molar-refractivity contribution in [2.45, 2.75) is 37.9 Å². The first-order valence-electron chi connectivity index (χ1n) is 12.1. The smallest absolute Gasteiger partial charge is 0.126 e. The largest absolute Gasteiger partial charge is 0.395 e. The molecule has 6 nitrogen and oxygen atoms in total. The number of piperidine rings is 1. The zero-order chi connectivity index (χ0) is 24.2. The number of dihydropyridines is 1. The third-order valence-corrected chi connectivity index (χ3v) is 7.88. The highest BCUT2D eigenvalue weighted by Gasteiger charge is 2.38. The molecule has 3 heterocycles. The summed E-state index contributed by atoms with van der Waals surface area (Å²) < 4.78 is 0. The van der Waals surface area contributed by atoms with E-state index in [4.69, 9.17) is 28.2 Å². The summed E-state index contributed by atoms with van der Waals surface area (Å²) in [5.41, 5.74) is 1.95. The number of benzene rings is 1. The van der Waals surface area contributed by atoms with Crippen LogP contribution >= 0.6 is 23.2 Å². The van der Waals surface area contributed by atoms with Gasteiger partial charge in [0.15, 0.2) is 0 Å². The Hall–Kier alpha value is -1.86. The van der Waals surface area contributed by atoms with E-state index < -0.39 is 0 Å². The fraction of sp³-hybridized carbons (Fsp3) is 0.538. The molecule has 0 spiro atoms. The van der Waals surface area contributed by atoms with Crippen molar-refractivity contribution >= 4 is 35.8 Å². The van der Waals surface area contributed by atoms with Crippen LogP contribution in [-0.4, -0.2) is 78.9 Å². The van der Waals surface area contributed by atoms with Gasteiger partial charge in [0.1, 0.15) is 11.9 Å². The van der Waals surface area contributed by atoms with E-state index in [1.165, 1.54) is 12.8 Å². The van der Waals surface area contributed by atoms with Crippen LogP contribution in [0.15, 0.2) is 52.6 Å². The molecule has 2 fully saturated rings. The van der Waals surface area contributed by atoms with Gasteiger partial charge in [-0.1, -0.05) is 35.3 Å². The molecule has 4 atom stereocenters. The van der Waals surface area contributed by atoms with Crippen molar-refractivity contribution in [1.82, 2.24) is 15.1 Å². The Morgan fingerprint density at radius 3 is 2.76 bits per heavy atom. The quantitative estimate of drug-likeness (QED) is 0.412. The molecule has 1 aromatic rings. The number of β-amino-alcohol motifs (C(OH)–C–C–N with tert-alkyl or cyclic N) is 1. The van der Waals surface area contributed by atoms with Gasteiger partial charge < -0.3 is 20.2 Å². The Balaban J connectivity index is 1.45. The maximum atomic E-state index is 9.29. The molecule has 2 N–H and O–H groups in total. The number of hydrogen-bond acceptors (Lipinski definition) is 6. The molecule has 1 aromatic carbocycles. The predicted molar refractivity (Wildman–Crippen MR) is 142 cm³/mol. The molecule has 0 saturated carbocycles. The highest BCUT2D eigenvalue weighted by molar-refractivity contribution is 6.35. The average molecular weight is 505 g/mol. The number of amidine groups is 1. The summed E-state index contributed by atoms with van der Waals surface area (Å²) in [5, 5.41) is 14.1. The van der Waals surface area contributed by atoms with Gasteiger partial charge in [-0.15, -0.1) is 6.58 Å². The monoisotopic (exact) mass is 503 g/mol. The minimum absolute atomic E-state index is 0.0334. The van der Waals surface area contributed by atoms with Gasteiger partial charge in [-0.3, -0.25) is 9.98 Å². The molecule has 0 amide bonds. The van der Waals surface area contributed by atoms with Gasteiger partial charge in [0.25, 0.3) is 0 Å². The van der Waals surface area contributed by atoms with E-state index in [9.17, 15) is 5.11 Å². The van der Waals surface area contributed by atoms with E-state index in [2.05, 4.69) is 46.4 Å². The SMILES string of the molecule is C=CC1N=C(N2CC(C3CCCN(CCO)C3)C2)C=C(NC(C)c2ccc(Cl)cc2Cl)C1N=C. The van der Waals surface area contributed by atoms with Crippen LogP contribution in [-0.2, 0) is 0 Å². The molecule has 0 aromatic heterocycles. The summed E-state index contributed by atoms with van der Waals surface area (Å²) in [6.07, 6.45) is 6.44. The van der Waals surface area contributed by atoms with E-state index in [-0.39, 0.29) is 24.7 Å². The van der Waals surface area contributed by atoms with Crippen LogP contribution in [0.2, 0.25) is 10.0 Å². The number of likely N-dealkylation sites (tertiary alicyclic amines) is 2.